The zero-order chi connectivity index (χ0) is 24.7. The van der Waals surface area contributed by atoms with Crippen molar-refractivity contribution in [2.24, 2.45) is 5.92 Å². The molecule has 0 radical (unpaired) electrons. The van der Waals surface area contributed by atoms with Gasteiger partial charge in [-0.15, -0.1) is 0 Å². The van der Waals surface area contributed by atoms with Gasteiger partial charge in [0.1, 0.15) is 17.1 Å². The normalized spacial score (nSPS) is 17.1. The molecule has 1 aliphatic heterocycles. The molecule has 2 fully saturated rings. The van der Waals surface area contributed by atoms with Gasteiger partial charge < -0.3 is 14.5 Å². The number of amides is 1. The lowest BCUT2D eigenvalue weighted by atomic mass is 10.1. The van der Waals surface area contributed by atoms with Crippen LogP contribution in [-0.2, 0) is 16.0 Å². The second-order valence-electron chi connectivity index (χ2n) is 8.47. The largest absolute Gasteiger partial charge is 0.492 e. The van der Waals surface area contributed by atoms with E-state index >= 15 is 0 Å². The number of carbonyl (C=O) groups excluding carboxylic acids is 1. The number of anilines is 1. The van der Waals surface area contributed by atoms with Gasteiger partial charge in [0.05, 0.1) is 17.1 Å². The van der Waals surface area contributed by atoms with Crippen LogP contribution in [0.15, 0.2) is 35.2 Å². The molecule has 1 aromatic heterocycles. The van der Waals surface area contributed by atoms with Gasteiger partial charge in [0.25, 0.3) is 5.91 Å². The summed E-state index contributed by atoms with van der Waals surface area (Å²) in [5, 5.41) is 0. The minimum Gasteiger partial charge on any atom is -0.492 e. The van der Waals surface area contributed by atoms with Crippen molar-refractivity contribution >= 4 is 21.6 Å². The first-order valence-corrected chi connectivity index (χ1v) is 12.6. The van der Waals surface area contributed by atoms with Crippen molar-refractivity contribution < 1.29 is 35.5 Å². The molecule has 1 aromatic carbocycles. The standard InChI is InChI=1S/C22H23F4N3O4S/c1-34(31,32)15-4-6-18(33-13-14-2-3-14)16(12-15)21(30)29-10-8-28(9-11-29)19-7-5-17(20(23)27-19)22(24,25)26/h4-7,12,14H,2-3,8-11,13H2,1H3. The van der Waals surface area contributed by atoms with Crippen LogP contribution in [0.2, 0.25) is 0 Å². The van der Waals surface area contributed by atoms with E-state index in [9.17, 15) is 30.8 Å². The Labute approximate surface area is 194 Å². The van der Waals surface area contributed by atoms with Crippen molar-refractivity contribution in [3.63, 3.8) is 0 Å². The van der Waals surface area contributed by atoms with Crippen LogP contribution < -0.4 is 9.64 Å². The third-order valence-corrected chi connectivity index (χ3v) is 6.92. The maximum Gasteiger partial charge on any atom is 0.420 e. The van der Waals surface area contributed by atoms with E-state index in [0.29, 0.717) is 24.3 Å². The lowest BCUT2D eigenvalue weighted by Gasteiger charge is -2.35. The predicted octanol–water partition coefficient (Wildman–Crippen LogP) is 3.39. The van der Waals surface area contributed by atoms with Crippen LogP contribution >= 0.6 is 0 Å². The van der Waals surface area contributed by atoms with E-state index in [2.05, 4.69) is 4.98 Å². The van der Waals surface area contributed by atoms with Gasteiger partial charge in [-0.25, -0.2) is 13.4 Å². The number of rotatable bonds is 6. The van der Waals surface area contributed by atoms with Crippen molar-refractivity contribution in [3.05, 3.63) is 47.4 Å². The van der Waals surface area contributed by atoms with E-state index < -0.39 is 33.4 Å². The summed E-state index contributed by atoms with van der Waals surface area (Å²) in [6, 6.07) is 5.94. The molecule has 0 atom stereocenters. The van der Waals surface area contributed by atoms with Crippen LogP contribution in [0.4, 0.5) is 23.4 Å². The molecule has 7 nitrogen and oxygen atoms in total. The molecule has 2 aliphatic rings. The highest BCUT2D eigenvalue weighted by Crippen LogP contribution is 2.33. The van der Waals surface area contributed by atoms with Crippen molar-refractivity contribution in [2.75, 3.05) is 43.9 Å². The van der Waals surface area contributed by atoms with Crippen LogP contribution in [0.3, 0.4) is 0 Å². The first-order chi connectivity index (χ1) is 15.9. The van der Waals surface area contributed by atoms with Crippen LogP contribution in [0, 0.1) is 11.9 Å². The third-order valence-electron chi connectivity index (χ3n) is 5.81. The van der Waals surface area contributed by atoms with Crippen molar-refractivity contribution in [1.82, 2.24) is 9.88 Å². The zero-order valence-corrected chi connectivity index (χ0v) is 19.1. The van der Waals surface area contributed by atoms with E-state index in [1.54, 1.807) is 4.90 Å². The molecule has 1 amide bonds. The van der Waals surface area contributed by atoms with Crippen LogP contribution in [0.25, 0.3) is 0 Å². The monoisotopic (exact) mass is 501 g/mol. The topological polar surface area (TPSA) is 79.8 Å². The van der Waals surface area contributed by atoms with Gasteiger partial charge in [-0.05, 0) is 49.1 Å². The third kappa shape index (κ3) is 5.43. The molecule has 2 heterocycles. The van der Waals surface area contributed by atoms with E-state index in [-0.39, 0.29) is 42.5 Å². The molecule has 0 bridgehead atoms. The minimum atomic E-state index is -4.83. The van der Waals surface area contributed by atoms with Crippen molar-refractivity contribution in [3.8, 4) is 5.75 Å². The number of hydrogen-bond donors (Lipinski definition) is 0. The number of piperazine rings is 1. The molecular formula is C22H23F4N3O4S. The fraction of sp³-hybridized carbons (Fsp3) is 0.455. The Morgan fingerprint density at radius 1 is 1.12 bits per heavy atom. The number of ether oxygens (including phenoxy) is 1. The van der Waals surface area contributed by atoms with E-state index in [0.717, 1.165) is 25.2 Å². The average molecular weight is 502 g/mol. The number of carbonyl (C=O) groups is 1. The smallest absolute Gasteiger partial charge is 0.420 e. The highest BCUT2D eigenvalue weighted by atomic mass is 32.2. The number of hydrogen-bond acceptors (Lipinski definition) is 6. The molecule has 184 valence electrons. The second kappa shape index (κ2) is 9.05. The summed E-state index contributed by atoms with van der Waals surface area (Å²) in [7, 11) is -3.55. The summed E-state index contributed by atoms with van der Waals surface area (Å²) in [4.78, 5) is 19.8. The average Bonchev–Trinajstić information content (AvgIpc) is 3.60. The number of alkyl halides is 3. The fourth-order valence-corrected chi connectivity index (χ4v) is 4.29. The molecule has 0 N–H and O–H groups in total. The predicted molar refractivity (Wildman–Crippen MR) is 115 cm³/mol. The van der Waals surface area contributed by atoms with Crippen LogP contribution in [0.1, 0.15) is 28.8 Å². The van der Waals surface area contributed by atoms with Gasteiger partial charge in [-0.3, -0.25) is 4.79 Å². The highest BCUT2D eigenvalue weighted by molar-refractivity contribution is 7.90. The molecule has 4 rings (SSSR count). The zero-order valence-electron chi connectivity index (χ0n) is 18.3. The van der Waals surface area contributed by atoms with Gasteiger partial charge in [0.15, 0.2) is 9.84 Å². The van der Waals surface area contributed by atoms with E-state index in [1.165, 1.54) is 23.1 Å². The Bertz CT molecular complexity index is 1190. The first-order valence-electron chi connectivity index (χ1n) is 10.7. The second-order valence-corrected chi connectivity index (χ2v) is 10.5. The Balaban J connectivity index is 1.49. The van der Waals surface area contributed by atoms with Crippen LogP contribution in [-0.4, -0.2) is 63.3 Å². The number of nitrogens with zero attached hydrogens (tertiary/aromatic N) is 3. The van der Waals surface area contributed by atoms with Crippen molar-refractivity contribution in [1.29, 1.82) is 0 Å². The minimum absolute atomic E-state index is 0.00214. The molecule has 0 spiro atoms. The molecule has 2 aromatic rings. The van der Waals surface area contributed by atoms with Gasteiger partial charge in [0, 0.05) is 32.4 Å². The molecule has 12 heteroatoms. The Morgan fingerprint density at radius 3 is 2.35 bits per heavy atom. The van der Waals surface area contributed by atoms with Gasteiger partial charge in [-0.1, -0.05) is 0 Å². The molecular weight excluding hydrogens is 478 g/mol. The fourth-order valence-electron chi connectivity index (χ4n) is 3.65. The SMILES string of the molecule is CS(=O)(=O)c1ccc(OCC2CC2)c(C(=O)N2CCN(c3ccc(C(F)(F)F)c(F)n3)CC2)c1. The van der Waals surface area contributed by atoms with Gasteiger partial charge in [0.2, 0.25) is 5.95 Å². The Kier molecular flexibility index (Phi) is 6.45. The Hall–Kier alpha value is -2.89. The van der Waals surface area contributed by atoms with E-state index in [4.69, 9.17) is 4.74 Å². The highest BCUT2D eigenvalue weighted by Gasteiger charge is 2.35. The number of sulfone groups is 1. The quantitative estimate of drug-likeness (QED) is 0.446. The summed E-state index contributed by atoms with van der Waals surface area (Å²) in [5.41, 5.74) is -1.30. The van der Waals surface area contributed by atoms with Crippen LogP contribution in [0.5, 0.6) is 5.75 Å². The molecule has 1 saturated heterocycles. The summed E-state index contributed by atoms with van der Waals surface area (Å²) in [6.45, 7) is 1.25. The molecule has 1 saturated carbocycles. The number of pyridine rings is 1. The maximum absolute atomic E-state index is 13.9. The number of halogens is 4. The van der Waals surface area contributed by atoms with Gasteiger partial charge >= 0.3 is 6.18 Å². The summed E-state index contributed by atoms with van der Waals surface area (Å²) >= 11 is 0. The molecule has 34 heavy (non-hydrogen) atoms. The molecule has 0 unspecified atom stereocenters. The maximum atomic E-state index is 13.9. The summed E-state index contributed by atoms with van der Waals surface area (Å²) < 4.78 is 82.0. The Morgan fingerprint density at radius 2 is 1.79 bits per heavy atom. The van der Waals surface area contributed by atoms with E-state index in [1.807, 2.05) is 0 Å². The lowest BCUT2D eigenvalue weighted by Crippen LogP contribution is -2.49. The summed E-state index contributed by atoms with van der Waals surface area (Å²) in [6.07, 6.45) is -1.69. The molecule has 1 aliphatic carbocycles. The first kappa shape index (κ1) is 24.2. The van der Waals surface area contributed by atoms with Gasteiger partial charge in [-0.2, -0.15) is 17.6 Å². The van der Waals surface area contributed by atoms with Crippen molar-refractivity contribution in [2.45, 2.75) is 23.9 Å². The number of aromatic nitrogens is 1. The lowest BCUT2D eigenvalue weighted by molar-refractivity contribution is -0.140. The summed E-state index contributed by atoms with van der Waals surface area (Å²) in [5.74, 6) is -1.23. The number of benzene rings is 1.